The number of aliphatic hydroxyl groups excluding tert-OH is 1. The SMILES string of the molecule is Cc1ccc(C(=O)NCCCO)cn1. The molecule has 4 nitrogen and oxygen atoms in total. The van der Waals surface area contributed by atoms with E-state index in [0.29, 0.717) is 18.5 Å². The van der Waals surface area contributed by atoms with Crippen molar-refractivity contribution < 1.29 is 9.90 Å². The molecular weight excluding hydrogens is 180 g/mol. The van der Waals surface area contributed by atoms with Gasteiger partial charge in [0.05, 0.1) is 5.56 Å². The molecule has 0 atom stereocenters. The van der Waals surface area contributed by atoms with Gasteiger partial charge in [0, 0.05) is 25.0 Å². The maximum Gasteiger partial charge on any atom is 0.252 e. The van der Waals surface area contributed by atoms with E-state index in [1.807, 2.05) is 6.92 Å². The fraction of sp³-hybridized carbons (Fsp3) is 0.400. The van der Waals surface area contributed by atoms with Gasteiger partial charge in [-0.05, 0) is 25.5 Å². The van der Waals surface area contributed by atoms with Gasteiger partial charge in [-0.1, -0.05) is 0 Å². The quantitative estimate of drug-likeness (QED) is 0.686. The van der Waals surface area contributed by atoms with Gasteiger partial charge in [0.25, 0.3) is 5.91 Å². The Balaban J connectivity index is 2.48. The Bertz CT molecular complexity index is 295. The third-order valence-corrected chi connectivity index (χ3v) is 1.79. The minimum Gasteiger partial charge on any atom is -0.396 e. The van der Waals surface area contributed by atoms with Gasteiger partial charge in [-0.25, -0.2) is 0 Å². The number of hydrogen-bond donors (Lipinski definition) is 2. The molecule has 1 aromatic rings. The van der Waals surface area contributed by atoms with Crippen LogP contribution in [0.2, 0.25) is 0 Å². The van der Waals surface area contributed by atoms with Crippen LogP contribution in [0.4, 0.5) is 0 Å². The van der Waals surface area contributed by atoms with Crippen LogP contribution in [0.5, 0.6) is 0 Å². The molecule has 0 aromatic carbocycles. The van der Waals surface area contributed by atoms with E-state index in [-0.39, 0.29) is 12.5 Å². The van der Waals surface area contributed by atoms with Crippen LogP contribution in [-0.4, -0.2) is 29.1 Å². The standard InChI is InChI=1S/C10H14N2O2/c1-8-3-4-9(7-12-8)10(14)11-5-2-6-13/h3-4,7,13H,2,5-6H2,1H3,(H,11,14). The second-order valence-corrected chi connectivity index (χ2v) is 3.02. The Labute approximate surface area is 83.0 Å². The first-order valence-corrected chi connectivity index (χ1v) is 4.56. The number of pyridine rings is 1. The summed E-state index contributed by atoms with van der Waals surface area (Å²) in [6.45, 7) is 2.45. The largest absolute Gasteiger partial charge is 0.396 e. The Kier molecular flexibility index (Phi) is 4.07. The number of nitrogens with one attached hydrogen (secondary N) is 1. The molecule has 0 aliphatic rings. The van der Waals surface area contributed by atoms with Crippen LogP contribution < -0.4 is 5.32 Å². The van der Waals surface area contributed by atoms with Crippen molar-refractivity contribution in [3.63, 3.8) is 0 Å². The van der Waals surface area contributed by atoms with Crippen molar-refractivity contribution in [2.45, 2.75) is 13.3 Å². The number of carbonyl (C=O) groups is 1. The average molecular weight is 194 g/mol. The molecule has 0 aliphatic heterocycles. The zero-order valence-electron chi connectivity index (χ0n) is 8.16. The topological polar surface area (TPSA) is 62.2 Å². The van der Waals surface area contributed by atoms with Gasteiger partial charge in [-0.3, -0.25) is 9.78 Å². The average Bonchev–Trinajstić information content (AvgIpc) is 2.19. The van der Waals surface area contributed by atoms with Crippen molar-refractivity contribution in [2.75, 3.05) is 13.2 Å². The fourth-order valence-corrected chi connectivity index (χ4v) is 0.985. The molecule has 0 spiro atoms. The van der Waals surface area contributed by atoms with Gasteiger partial charge in [0.2, 0.25) is 0 Å². The molecule has 2 N–H and O–H groups in total. The van der Waals surface area contributed by atoms with Crippen molar-refractivity contribution in [1.82, 2.24) is 10.3 Å². The van der Waals surface area contributed by atoms with Gasteiger partial charge in [0.1, 0.15) is 0 Å². The van der Waals surface area contributed by atoms with Gasteiger partial charge in [0.15, 0.2) is 0 Å². The van der Waals surface area contributed by atoms with Gasteiger partial charge in [-0.2, -0.15) is 0 Å². The monoisotopic (exact) mass is 194 g/mol. The lowest BCUT2D eigenvalue weighted by atomic mass is 10.2. The zero-order valence-corrected chi connectivity index (χ0v) is 8.16. The molecule has 0 radical (unpaired) electrons. The van der Waals surface area contributed by atoms with E-state index in [0.717, 1.165) is 5.69 Å². The second kappa shape index (κ2) is 5.34. The van der Waals surface area contributed by atoms with Gasteiger partial charge >= 0.3 is 0 Å². The van der Waals surface area contributed by atoms with Crippen LogP contribution in [-0.2, 0) is 0 Å². The first-order valence-electron chi connectivity index (χ1n) is 4.56. The smallest absolute Gasteiger partial charge is 0.252 e. The predicted octanol–water partition coefficient (Wildman–Crippen LogP) is 0.502. The van der Waals surface area contributed by atoms with E-state index in [1.165, 1.54) is 0 Å². The van der Waals surface area contributed by atoms with Gasteiger partial charge in [-0.15, -0.1) is 0 Å². The third-order valence-electron chi connectivity index (χ3n) is 1.79. The lowest BCUT2D eigenvalue weighted by Gasteiger charge is -2.03. The van der Waals surface area contributed by atoms with Crippen molar-refractivity contribution in [3.05, 3.63) is 29.6 Å². The fourth-order valence-electron chi connectivity index (χ4n) is 0.985. The number of aliphatic hydroxyl groups is 1. The third kappa shape index (κ3) is 3.14. The zero-order chi connectivity index (χ0) is 10.4. The van der Waals surface area contributed by atoms with Crippen LogP contribution in [0, 0.1) is 6.92 Å². The molecule has 1 heterocycles. The van der Waals surface area contributed by atoms with E-state index < -0.39 is 0 Å². The number of rotatable bonds is 4. The minimum atomic E-state index is -0.147. The Morgan fingerprint density at radius 3 is 2.93 bits per heavy atom. The molecule has 4 heteroatoms. The molecule has 0 saturated heterocycles. The molecule has 1 aromatic heterocycles. The molecule has 1 amide bonds. The van der Waals surface area contributed by atoms with Crippen LogP contribution in [0.15, 0.2) is 18.3 Å². The first-order chi connectivity index (χ1) is 6.74. The Morgan fingerprint density at radius 2 is 2.36 bits per heavy atom. The Hall–Kier alpha value is -1.42. The van der Waals surface area contributed by atoms with Gasteiger partial charge < -0.3 is 10.4 Å². The number of carbonyl (C=O) groups excluding carboxylic acids is 1. The van der Waals surface area contributed by atoms with Crippen LogP contribution in [0.3, 0.4) is 0 Å². The highest BCUT2D eigenvalue weighted by atomic mass is 16.3. The number of nitrogens with zero attached hydrogens (tertiary/aromatic N) is 1. The summed E-state index contributed by atoms with van der Waals surface area (Å²) in [4.78, 5) is 15.4. The summed E-state index contributed by atoms with van der Waals surface area (Å²) in [6.07, 6.45) is 2.12. The molecule has 14 heavy (non-hydrogen) atoms. The summed E-state index contributed by atoms with van der Waals surface area (Å²) in [6, 6.07) is 3.53. The van der Waals surface area contributed by atoms with Crippen LogP contribution >= 0.6 is 0 Å². The summed E-state index contributed by atoms with van der Waals surface area (Å²) < 4.78 is 0. The van der Waals surface area contributed by atoms with Crippen molar-refractivity contribution in [2.24, 2.45) is 0 Å². The number of hydrogen-bond acceptors (Lipinski definition) is 3. The van der Waals surface area contributed by atoms with E-state index >= 15 is 0 Å². The molecule has 0 aliphatic carbocycles. The molecule has 0 unspecified atom stereocenters. The highest BCUT2D eigenvalue weighted by Crippen LogP contribution is 1.98. The molecule has 76 valence electrons. The maximum absolute atomic E-state index is 11.4. The summed E-state index contributed by atoms with van der Waals surface area (Å²) in [7, 11) is 0. The molecular formula is C10H14N2O2. The van der Waals surface area contributed by atoms with E-state index in [1.54, 1.807) is 18.3 Å². The van der Waals surface area contributed by atoms with E-state index in [9.17, 15) is 4.79 Å². The number of aromatic nitrogens is 1. The van der Waals surface area contributed by atoms with E-state index in [2.05, 4.69) is 10.3 Å². The van der Waals surface area contributed by atoms with Crippen LogP contribution in [0.1, 0.15) is 22.5 Å². The van der Waals surface area contributed by atoms with Crippen molar-refractivity contribution in [3.8, 4) is 0 Å². The summed E-state index contributed by atoms with van der Waals surface area (Å²) >= 11 is 0. The van der Waals surface area contributed by atoms with Crippen LogP contribution in [0.25, 0.3) is 0 Å². The lowest BCUT2D eigenvalue weighted by molar-refractivity contribution is 0.0951. The summed E-state index contributed by atoms with van der Waals surface area (Å²) in [5.41, 5.74) is 1.44. The molecule has 1 rings (SSSR count). The summed E-state index contributed by atoms with van der Waals surface area (Å²) in [5, 5.41) is 11.2. The second-order valence-electron chi connectivity index (χ2n) is 3.02. The Morgan fingerprint density at radius 1 is 1.57 bits per heavy atom. The summed E-state index contributed by atoms with van der Waals surface area (Å²) in [5.74, 6) is -0.147. The normalized spacial score (nSPS) is 9.86. The van der Waals surface area contributed by atoms with Crippen molar-refractivity contribution in [1.29, 1.82) is 0 Å². The first kappa shape index (κ1) is 10.7. The molecule has 0 bridgehead atoms. The predicted molar refractivity (Wildman–Crippen MR) is 53.0 cm³/mol. The highest BCUT2D eigenvalue weighted by Gasteiger charge is 2.03. The number of aryl methyl sites for hydroxylation is 1. The maximum atomic E-state index is 11.4. The molecule has 0 saturated carbocycles. The molecule has 0 fully saturated rings. The van der Waals surface area contributed by atoms with Crippen molar-refractivity contribution >= 4 is 5.91 Å². The van der Waals surface area contributed by atoms with E-state index in [4.69, 9.17) is 5.11 Å². The minimum absolute atomic E-state index is 0.0897. The lowest BCUT2D eigenvalue weighted by Crippen LogP contribution is -2.25. The highest BCUT2D eigenvalue weighted by molar-refractivity contribution is 5.93. The number of amides is 1.